The molecule has 142 valence electrons. The highest BCUT2D eigenvalue weighted by Gasteiger charge is 2.11. The molecule has 0 aliphatic rings. The second kappa shape index (κ2) is 7.69. The topological polar surface area (TPSA) is 70.7 Å². The fourth-order valence-corrected chi connectivity index (χ4v) is 4.52. The number of H-pyrrole nitrogens is 1. The number of rotatable bonds is 5. The summed E-state index contributed by atoms with van der Waals surface area (Å²) in [5.41, 5.74) is 3.77. The summed E-state index contributed by atoms with van der Waals surface area (Å²) in [7, 11) is 0. The van der Waals surface area contributed by atoms with Gasteiger partial charge < -0.3 is 10.3 Å². The molecule has 5 nitrogen and oxygen atoms in total. The van der Waals surface area contributed by atoms with E-state index >= 15 is 0 Å². The average molecular weight is 417 g/mol. The van der Waals surface area contributed by atoms with Gasteiger partial charge in [-0.15, -0.1) is 11.3 Å². The smallest absolute Gasteiger partial charge is 0.236 e. The Kier molecular flexibility index (Phi) is 4.75. The van der Waals surface area contributed by atoms with E-state index < -0.39 is 0 Å². The van der Waals surface area contributed by atoms with Crippen molar-refractivity contribution >= 4 is 55.9 Å². The summed E-state index contributed by atoms with van der Waals surface area (Å²) in [5.74, 6) is 0.167. The molecule has 2 heterocycles. The Morgan fingerprint density at radius 1 is 1.00 bits per heavy atom. The number of carbonyl (C=O) groups excluding carboxylic acids is 1. The molecule has 3 aromatic carbocycles. The van der Waals surface area contributed by atoms with Crippen LogP contribution in [-0.4, -0.2) is 26.6 Å². The predicted octanol–water partition coefficient (Wildman–Crippen LogP) is 5.57. The molecule has 0 fully saturated rings. The van der Waals surface area contributed by atoms with Gasteiger partial charge in [0.05, 0.1) is 22.5 Å². The van der Waals surface area contributed by atoms with E-state index in [1.807, 2.05) is 41.8 Å². The summed E-state index contributed by atoms with van der Waals surface area (Å²) in [6, 6.07) is 22.3. The molecule has 0 aliphatic carbocycles. The van der Waals surface area contributed by atoms with Crippen molar-refractivity contribution in [3.63, 3.8) is 0 Å². The lowest BCUT2D eigenvalue weighted by Crippen LogP contribution is -2.13. The highest BCUT2D eigenvalue weighted by atomic mass is 32.2. The summed E-state index contributed by atoms with van der Waals surface area (Å²) in [4.78, 5) is 24.6. The van der Waals surface area contributed by atoms with Crippen LogP contribution in [0.2, 0.25) is 0 Å². The summed E-state index contributed by atoms with van der Waals surface area (Å²) < 4.78 is 0. The van der Waals surface area contributed by atoms with Gasteiger partial charge in [0.15, 0.2) is 10.3 Å². The molecule has 0 radical (unpaired) electrons. The largest absolute Gasteiger partial charge is 0.333 e. The molecule has 2 aromatic heterocycles. The molecule has 0 aliphatic heterocycles. The molecule has 5 aromatic rings. The maximum absolute atomic E-state index is 12.3. The van der Waals surface area contributed by atoms with Crippen LogP contribution in [0.3, 0.4) is 0 Å². The standard InChI is InChI=1S/C22H16N4OS2/c27-20(13-29-21-23-17-7-3-4-8-18(17)24-21)26-22-25-19(12-28-22)16-10-9-14-5-1-2-6-15(14)11-16/h1-12H,13H2,(H,23,24)(H,25,26,27). The van der Waals surface area contributed by atoms with Crippen LogP contribution in [0.1, 0.15) is 0 Å². The normalized spacial score (nSPS) is 11.2. The van der Waals surface area contributed by atoms with Crippen molar-refractivity contribution in [2.24, 2.45) is 0 Å². The molecule has 0 atom stereocenters. The quantitative estimate of drug-likeness (QED) is 0.368. The number of aromatic amines is 1. The van der Waals surface area contributed by atoms with Crippen LogP contribution in [0.5, 0.6) is 0 Å². The highest BCUT2D eigenvalue weighted by molar-refractivity contribution is 7.99. The lowest BCUT2D eigenvalue weighted by molar-refractivity contribution is -0.113. The number of thioether (sulfide) groups is 1. The van der Waals surface area contributed by atoms with Gasteiger partial charge in [-0.2, -0.15) is 0 Å². The van der Waals surface area contributed by atoms with Gasteiger partial charge in [-0.25, -0.2) is 9.97 Å². The Labute approximate surface area is 175 Å². The predicted molar refractivity (Wildman–Crippen MR) is 121 cm³/mol. The van der Waals surface area contributed by atoms with Gasteiger partial charge in [-0.3, -0.25) is 4.79 Å². The van der Waals surface area contributed by atoms with Crippen molar-refractivity contribution in [1.29, 1.82) is 0 Å². The maximum Gasteiger partial charge on any atom is 0.236 e. The molecule has 1 amide bonds. The van der Waals surface area contributed by atoms with Crippen LogP contribution in [0, 0.1) is 0 Å². The first-order chi connectivity index (χ1) is 14.2. The van der Waals surface area contributed by atoms with Crippen molar-refractivity contribution in [2.75, 3.05) is 11.1 Å². The van der Waals surface area contributed by atoms with Gasteiger partial charge >= 0.3 is 0 Å². The van der Waals surface area contributed by atoms with Crippen LogP contribution in [0.4, 0.5) is 5.13 Å². The first-order valence-electron chi connectivity index (χ1n) is 9.07. The first kappa shape index (κ1) is 17.9. The highest BCUT2D eigenvalue weighted by Crippen LogP contribution is 2.28. The van der Waals surface area contributed by atoms with Crippen molar-refractivity contribution in [3.05, 3.63) is 72.1 Å². The zero-order valence-electron chi connectivity index (χ0n) is 15.3. The maximum atomic E-state index is 12.3. The van der Waals surface area contributed by atoms with Crippen LogP contribution in [0.15, 0.2) is 77.3 Å². The molecule has 0 saturated carbocycles. The number of fused-ring (bicyclic) bond motifs is 2. The molecule has 7 heteroatoms. The van der Waals surface area contributed by atoms with Crippen LogP contribution < -0.4 is 5.32 Å². The molecular weight excluding hydrogens is 400 g/mol. The minimum Gasteiger partial charge on any atom is -0.333 e. The number of anilines is 1. The number of aromatic nitrogens is 3. The number of benzene rings is 3. The number of nitrogens with one attached hydrogen (secondary N) is 2. The minimum absolute atomic E-state index is 0.102. The monoisotopic (exact) mass is 416 g/mol. The Morgan fingerprint density at radius 2 is 1.83 bits per heavy atom. The molecule has 0 bridgehead atoms. The van der Waals surface area contributed by atoms with Gasteiger partial charge in [0, 0.05) is 10.9 Å². The van der Waals surface area contributed by atoms with E-state index in [1.165, 1.54) is 33.9 Å². The van der Waals surface area contributed by atoms with Crippen molar-refractivity contribution < 1.29 is 4.79 Å². The summed E-state index contributed by atoms with van der Waals surface area (Å²) in [5, 5.41) is 8.55. The number of hydrogen-bond donors (Lipinski definition) is 2. The SMILES string of the molecule is O=C(CSc1nc2ccccc2[nH]1)Nc1nc(-c2ccc3ccccc3c2)cs1. The zero-order chi connectivity index (χ0) is 19.6. The third kappa shape index (κ3) is 3.87. The van der Waals surface area contributed by atoms with E-state index in [9.17, 15) is 4.79 Å². The van der Waals surface area contributed by atoms with Gasteiger partial charge in [0.1, 0.15) is 0 Å². The first-order valence-corrected chi connectivity index (χ1v) is 10.9. The Balaban J connectivity index is 1.24. The van der Waals surface area contributed by atoms with Crippen LogP contribution >= 0.6 is 23.1 Å². The molecule has 0 spiro atoms. The fraction of sp³-hybridized carbons (Fsp3) is 0.0455. The summed E-state index contributed by atoms with van der Waals surface area (Å²) in [6.07, 6.45) is 0. The number of nitrogens with zero attached hydrogens (tertiary/aromatic N) is 2. The van der Waals surface area contributed by atoms with Crippen LogP contribution in [0.25, 0.3) is 33.1 Å². The van der Waals surface area contributed by atoms with Crippen molar-refractivity contribution in [2.45, 2.75) is 5.16 Å². The number of amides is 1. The molecule has 0 unspecified atom stereocenters. The number of imidazole rings is 1. The Bertz CT molecular complexity index is 1290. The molecular formula is C22H16N4OS2. The number of carbonyl (C=O) groups is 1. The van der Waals surface area contributed by atoms with Gasteiger partial charge in [-0.05, 0) is 29.0 Å². The van der Waals surface area contributed by atoms with Gasteiger partial charge in [0.25, 0.3) is 0 Å². The lowest BCUT2D eigenvalue weighted by atomic mass is 10.1. The van der Waals surface area contributed by atoms with E-state index in [4.69, 9.17) is 0 Å². The minimum atomic E-state index is -0.102. The third-order valence-electron chi connectivity index (χ3n) is 4.50. The summed E-state index contributed by atoms with van der Waals surface area (Å²) >= 11 is 2.80. The van der Waals surface area contributed by atoms with E-state index in [0.717, 1.165) is 27.4 Å². The van der Waals surface area contributed by atoms with Crippen LogP contribution in [-0.2, 0) is 4.79 Å². The molecule has 5 rings (SSSR count). The Morgan fingerprint density at radius 3 is 2.72 bits per heavy atom. The van der Waals surface area contributed by atoms with Gasteiger partial charge in [-0.1, -0.05) is 60.3 Å². The van der Waals surface area contributed by atoms with Gasteiger partial charge in [0.2, 0.25) is 5.91 Å². The van der Waals surface area contributed by atoms with Crippen molar-refractivity contribution in [1.82, 2.24) is 15.0 Å². The third-order valence-corrected chi connectivity index (χ3v) is 6.13. The summed E-state index contributed by atoms with van der Waals surface area (Å²) in [6.45, 7) is 0. The molecule has 29 heavy (non-hydrogen) atoms. The number of para-hydroxylation sites is 2. The second-order valence-corrected chi connectivity index (χ2v) is 8.32. The van der Waals surface area contributed by atoms with E-state index in [0.29, 0.717) is 5.13 Å². The van der Waals surface area contributed by atoms with Crippen molar-refractivity contribution in [3.8, 4) is 11.3 Å². The molecule has 2 N–H and O–H groups in total. The van der Waals surface area contributed by atoms with E-state index in [-0.39, 0.29) is 11.7 Å². The zero-order valence-corrected chi connectivity index (χ0v) is 16.9. The lowest BCUT2D eigenvalue weighted by Gasteiger charge is -2.01. The fourth-order valence-electron chi connectivity index (χ4n) is 3.10. The van der Waals surface area contributed by atoms with E-state index in [1.54, 1.807) is 0 Å². The number of thiazole rings is 1. The average Bonchev–Trinajstić information content (AvgIpc) is 3.38. The number of hydrogen-bond acceptors (Lipinski definition) is 5. The second-order valence-electron chi connectivity index (χ2n) is 6.50. The molecule has 0 saturated heterocycles. The van der Waals surface area contributed by atoms with E-state index in [2.05, 4.69) is 50.6 Å². The Hall–Kier alpha value is -3.16.